The summed E-state index contributed by atoms with van der Waals surface area (Å²) in [6.45, 7) is 2.80. The zero-order valence-electron chi connectivity index (χ0n) is 12.4. The summed E-state index contributed by atoms with van der Waals surface area (Å²) in [4.78, 5) is 15.0. The van der Waals surface area contributed by atoms with Crippen molar-refractivity contribution in [3.63, 3.8) is 0 Å². The molecule has 1 N–H and O–H groups in total. The highest BCUT2D eigenvalue weighted by Crippen LogP contribution is 2.43. The van der Waals surface area contributed by atoms with Crippen LogP contribution in [0.25, 0.3) is 0 Å². The maximum absolute atomic E-state index is 12.9. The minimum absolute atomic E-state index is 0.0518. The Morgan fingerprint density at radius 1 is 1.24 bits per heavy atom. The van der Waals surface area contributed by atoms with Gasteiger partial charge in [0.1, 0.15) is 0 Å². The van der Waals surface area contributed by atoms with E-state index in [4.69, 9.17) is 11.6 Å². The van der Waals surface area contributed by atoms with Gasteiger partial charge in [-0.15, -0.1) is 11.6 Å². The van der Waals surface area contributed by atoms with Crippen molar-refractivity contribution in [2.24, 2.45) is 11.3 Å². The van der Waals surface area contributed by atoms with Crippen LogP contribution in [0, 0.1) is 11.3 Å². The largest absolute Gasteiger partial charge is 0.334 e. The molecule has 2 saturated heterocycles. The fourth-order valence-corrected chi connectivity index (χ4v) is 4.49. The predicted molar refractivity (Wildman–Crippen MR) is 84.2 cm³/mol. The number of carbonyl (C=O) groups excluding carboxylic acids is 1. The Kier molecular flexibility index (Phi) is 3.38. The molecule has 21 heavy (non-hydrogen) atoms. The van der Waals surface area contributed by atoms with Crippen molar-refractivity contribution in [3.8, 4) is 0 Å². The molecular formula is C17H23ClN2O. The second kappa shape index (κ2) is 5.13. The molecule has 0 aromatic heterocycles. The number of likely N-dealkylation sites (tertiary alicyclic amines) is 1. The van der Waals surface area contributed by atoms with Crippen molar-refractivity contribution >= 4 is 17.5 Å². The number of piperidine rings is 1. The summed E-state index contributed by atoms with van der Waals surface area (Å²) < 4.78 is 0. The first-order valence-electron chi connectivity index (χ1n) is 8.25. The van der Waals surface area contributed by atoms with Crippen molar-refractivity contribution in [1.29, 1.82) is 0 Å². The zero-order valence-corrected chi connectivity index (χ0v) is 13.1. The van der Waals surface area contributed by atoms with Crippen molar-refractivity contribution in [2.45, 2.75) is 43.5 Å². The molecule has 114 valence electrons. The van der Waals surface area contributed by atoms with Crippen LogP contribution < -0.4 is 5.32 Å². The number of hydrogen-bond acceptors (Lipinski definition) is 2. The van der Waals surface area contributed by atoms with Crippen LogP contribution in [0.15, 0.2) is 23.8 Å². The van der Waals surface area contributed by atoms with Gasteiger partial charge in [0.2, 0.25) is 5.91 Å². The highest BCUT2D eigenvalue weighted by Gasteiger charge is 2.49. The minimum atomic E-state index is -0.101. The number of nitrogens with zero attached hydrogens (tertiary/aromatic N) is 1. The smallest absolute Gasteiger partial charge is 0.229 e. The lowest BCUT2D eigenvalue weighted by Crippen LogP contribution is -2.47. The zero-order chi connectivity index (χ0) is 14.4. The molecule has 2 unspecified atom stereocenters. The van der Waals surface area contributed by atoms with E-state index < -0.39 is 0 Å². The van der Waals surface area contributed by atoms with E-state index in [1.54, 1.807) is 0 Å². The van der Waals surface area contributed by atoms with Crippen molar-refractivity contribution in [3.05, 3.63) is 23.8 Å². The van der Waals surface area contributed by atoms with Gasteiger partial charge in [0.25, 0.3) is 0 Å². The average Bonchev–Trinajstić information content (AvgIpc) is 3.30. The Hall–Kier alpha value is -0.800. The normalized spacial score (nSPS) is 35.4. The maximum Gasteiger partial charge on any atom is 0.229 e. The third-order valence-electron chi connectivity index (χ3n) is 5.68. The van der Waals surface area contributed by atoms with Gasteiger partial charge < -0.3 is 10.2 Å². The number of allylic oxidation sites excluding steroid dienone is 2. The third kappa shape index (κ3) is 2.35. The highest BCUT2D eigenvalue weighted by molar-refractivity contribution is 6.22. The molecule has 0 aromatic rings. The first-order chi connectivity index (χ1) is 10.2. The Labute approximate surface area is 131 Å². The van der Waals surface area contributed by atoms with E-state index in [-0.39, 0.29) is 16.8 Å². The highest BCUT2D eigenvalue weighted by atomic mass is 35.5. The molecule has 2 aliphatic heterocycles. The number of amides is 1. The van der Waals surface area contributed by atoms with Gasteiger partial charge in [-0.1, -0.05) is 18.2 Å². The van der Waals surface area contributed by atoms with Crippen LogP contribution in [-0.4, -0.2) is 41.9 Å². The summed E-state index contributed by atoms with van der Waals surface area (Å²) >= 11 is 6.59. The van der Waals surface area contributed by atoms with Crippen molar-refractivity contribution in [2.75, 3.05) is 19.6 Å². The van der Waals surface area contributed by atoms with Crippen LogP contribution >= 0.6 is 11.6 Å². The molecule has 4 heteroatoms. The second-order valence-corrected chi connectivity index (χ2v) is 7.52. The van der Waals surface area contributed by atoms with Gasteiger partial charge in [-0.25, -0.2) is 0 Å². The summed E-state index contributed by atoms with van der Waals surface area (Å²) in [5.41, 5.74) is 1.28. The Morgan fingerprint density at radius 3 is 2.67 bits per heavy atom. The average molecular weight is 307 g/mol. The molecule has 3 fully saturated rings. The molecule has 4 aliphatic rings. The van der Waals surface area contributed by atoms with E-state index in [0.29, 0.717) is 5.91 Å². The minimum Gasteiger partial charge on any atom is -0.334 e. The molecule has 0 radical (unpaired) electrons. The monoisotopic (exact) mass is 306 g/mol. The Morgan fingerprint density at radius 2 is 2.00 bits per heavy atom. The molecule has 0 bridgehead atoms. The van der Waals surface area contributed by atoms with Gasteiger partial charge in [-0.2, -0.15) is 0 Å². The van der Waals surface area contributed by atoms with Crippen LogP contribution in [0.1, 0.15) is 32.1 Å². The lowest BCUT2D eigenvalue weighted by atomic mass is 9.77. The van der Waals surface area contributed by atoms with E-state index in [1.807, 2.05) is 4.90 Å². The molecule has 4 rings (SSSR count). The topological polar surface area (TPSA) is 32.3 Å². The van der Waals surface area contributed by atoms with Gasteiger partial charge in [0, 0.05) is 6.54 Å². The van der Waals surface area contributed by atoms with Crippen LogP contribution in [0.3, 0.4) is 0 Å². The molecule has 1 saturated carbocycles. The van der Waals surface area contributed by atoms with Crippen LogP contribution in [-0.2, 0) is 4.79 Å². The molecule has 1 amide bonds. The first kappa shape index (κ1) is 13.8. The second-order valence-electron chi connectivity index (χ2n) is 7.01. The molecule has 2 atom stereocenters. The quantitative estimate of drug-likeness (QED) is 0.795. The lowest BCUT2D eigenvalue weighted by molar-refractivity contribution is -0.138. The van der Waals surface area contributed by atoms with Gasteiger partial charge in [-0.3, -0.25) is 4.79 Å². The summed E-state index contributed by atoms with van der Waals surface area (Å²) in [6, 6.07) is 0.0518. The summed E-state index contributed by atoms with van der Waals surface area (Å²) in [5, 5.41) is 3.30. The number of hydrogen-bond donors (Lipinski definition) is 1. The van der Waals surface area contributed by atoms with Gasteiger partial charge in [0.05, 0.1) is 16.8 Å². The first-order valence-corrected chi connectivity index (χ1v) is 8.69. The fraction of sp³-hybridized carbons (Fsp3) is 0.706. The standard InChI is InChI=1S/C17H23ClN2O/c18-14-11-13(12-1-2-12)3-4-15(14)20-10-7-17(16(20)21)5-8-19-9-6-17/h3-4,11-12,14-15,19H,1-2,5-10H2. The molecule has 1 spiro atoms. The summed E-state index contributed by atoms with van der Waals surface area (Å²) in [5.74, 6) is 1.07. The number of carbonyl (C=O) groups is 1. The number of nitrogens with one attached hydrogen (secondary N) is 1. The van der Waals surface area contributed by atoms with E-state index in [1.165, 1.54) is 18.4 Å². The van der Waals surface area contributed by atoms with Gasteiger partial charge in [-0.05, 0) is 56.7 Å². The number of halogens is 1. The number of alkyl halides is 1. The maximum atomic E-state index is 12.9. The van der Waals surface area contributed by atoms with Gasteiger partial charge >= 0.3 is 0 Å². The predicted octanol–water partition coefficient (Wildman–Crippen LogP) is 2.47. The van der Waals surface area contributed by atoms with Crippen LogP contribution in [0.5, 0.6) is 0 Å². The van der Waals surface area contributed by atoms with E-state index in [0.717, 1.165) is 44.8 Å². The van der Waals surface area contributed by atoms with E-state index in [9.17, 15) is 4.79 Å². The third-order valence-corrected chi connectivity index (χ3v) is 6.06. The molecule has 2 heterocycles. The molecule has 3 nitrogen and oxygen atoms in total. The molecule has 2 aliphatic carbocycles. The number of rotatable bonds is 2. The summed E-state index contributed by atoms with van der Waals surface area (Å²) in [7, 11) is 0. The van der Waals surface area contributed by atoms with Crippen LogP contribution in [0.2, 0.25) is 0 Å². The van der Waals surface area contributed by atoms with Crippen LogP contribution in [0.4, 0.5) is 0 Å². The van der Waals surface area contributed by atoms with Gasteiger partial charge in [0.15, 0.2) is 0 Å². The fourth-order valence-electron chi connectivity index (χ4n) is 4.12. The van der Waals surface area contributed by atoms with E-state index in [2.05, 4.69) is 23.5 Å². The molecular weight excluding hydrogens is 284 g/mol. The Balaban J connectivity index is 1.50. The molecule has 0 aromatic carbocycles. The van der Waals surface area contributed by atoms with E-state index >= 15 is 0 Å². The SMILES string of the molecule is O=C1N(C2C=CC(C3CC3)=CC2Cl)CCC12CCNCC2. The van der Waals surface area contributed by atoms with Crippen molar-refractivity contribution in [1.82, 2.24) is 10.2 Å². The lowest BCUT2D eigenvalue weighted by Gasteiger charge is -2.35. The Bertz CT molecular complexity index is 503. The summed E-state index contributed by atoms with van der Waals surface area (Å²) in [6.07, 6.45) is 12.1. The van der Waals surface area contributed by atoms with Crippen molar-refractivity contribution < 1.29 is 4.79 Å².